The van der Waals surface area contributed by atoms with Gasteiger partial charge in [-0.05, 0) is 74.2 Å². The van der Waals surface area contributed by atoms with Crippen LogP contribution in [0.15, 0.2) is 58.8 Å². The zero-order chi connectivity index (χ0) is 28.9. The molecule has 0 saturated heterocycles. The second kappa shape index (κ2) is 20.4. The van der Waals surface area contributed by atoms with Crippen LogP contribution in [0.25, 0.3) is 0 Å². The number of hydrogen-bond donors (Lipinski definition) is 1. The van der Waals surface area contributed by atoms with E-state index in [1.165, 1.54) is 57.8 Å². The Kier molecular flexibility index (Phi) is 17.3. The second-order valence-electron chi connectivity index (χ2n) is 11.6. The minimum atomic E-state index is 0.209. The molecule has 1 atom stereocenters. The zero-order valence-electron chi connectivity index (χ0n) is 25.8. The van der Waals surface area contributed by atoms with Crippen LogP contribution in [-0.4, -0.2) is 56.1 Å². The molecule has 1 N–H and O–H groups in total. The van der Waals surface area contributed by atoms with E-state index < -0.39 is 0 Å². The predicted octanol–water partition coefficient (Wildman–Crippen LogP) is 9.41. The van der Waals surface area contributed by atoms with Crippen LogP contribution in [0, 0.1) is 0 Å². The summed E-state index contributed by atoms with van der Waals surface area (Å²) < 4.78 is 13.1. The molecule has 0 spiro atoms. The van der Waals surface area contributed by atoms with Crippen molar-refractivity contribution in [1.29, 1.82) is 0 Å². The molecular weight excluding hydrogens is 498 g/mol. The van der Waals surface area contributed by atoms with E-state index in [4.69, 9.17) is 9.47 Å². The number of likely N-dealkylation sites (N-methyl/N-ethyl adjacent to an activating group) is 1. The highest BCUT2D eigenvalue weighted by Gasteiger charge is 2.17. The molecule has 1 unspecified atom stereocenters. The lowest BCUT2D eigenvalue weighted by Gasteiger charge is -2.29. The number of rotatable bonds is 23. The van der Waals surface area contributed by atoms with Crippen LogP contribution in [-0.2, 0) is 0 Å². The Bertz CT molecular complexity index is 913. The van der Waals surface area contributed by atoms with Crippen molar-refractivity contribution in [1.82, 2.24) is 0 Å². The highest BCUT2D eigenvalue weighted by Crippen LogP contribution is 2.25. The van der Waals surface area contributed by atoms with Crippen molar-refractivity contribution < 1.29 is 19.1 Å². The van der Waals surface area contributed by atoms with Gasteiger partial charge in [-0.15, -0.1) is 0 Å². The molecule has 6 heteroatoms. The fourth-order valence-corrected chi connectivity index (χ4v) is 4.77. The molecule has 0 radical (unpaired) electrons. The average molecular weight is 555 g/mol. The van der Waals surface area contributed by atoms with E-state index >= 15 is 0 Å². The first-order chi connectivity index (χ1) is 19.5. The summed E-state index contributed by atoms with van der Waals surface area (Å²) in [4.78, 5) is 0. The molecule has 6 nitrogen and oxygen atoms in total. The van der Waals surface area contributed by atoms with Crippen LogP contribution in [0.2, 0.25) is 0 Å². The number of benzene rings is 2. The predicted molar refractivity (Wildman–Crippen MR) is 167 cm³/mol. The summed E-state index contributed by atoms with van der Waals surface area (Å²) in [5, 5.41) is 18.1. The van der Waals surface area contributed by atoms with Crippen molar-refractivity contribution in [3.8, 4) is 11.5 Å². The van der Waals surface area contributed by atoms with E-state index in [2.05, 4.69) is 38.2 Å². The zero-order valence-corrected chi connectivity index (χ0v) is 25.8. The lowest BCUT2D eigenvalue weighted by atomic mass is 10.0. The highest BCUT2D eigenvalue weighted by molar-refractivity contribution is 5.44. The molecule has 0 aliphatic rings. The molecule has 0 aliphatic heterocycles. The van der Waals surface area contributed by atoms with E-state index in [1.54, 1.807) is 0 Å². The van der Waals surface area contributed by atoms with Gasteiger partial charge in [-0.1, -0.05) is 65.2 Å². The minimum Gasteiger partial charge on any atom is -0.494 e. The molecule has 224 valence electrons. The summed E-state index contributed by atoms with van der Waals surface area (Å²) in [6, 6.07) is 15.7. The van der Waals surface area contributed by atoms with E-state index in [-0.39, 0.29) is 12.7 Å². The normalized spacial score (nSPS) is 12.6. The first kappa shape index (κ1) is 33.8. The van der Waals surface area contributed by atoms with Gasteiger partial charge in [0.05, 0.1) is 51.3 Å². The van der Waals surface area contributed by atoms with Gasteiger partial charge in [-0.25, -0.2) is 0 Å². The van der Waals surface area contributed by atoms with Crippen molar-refractivity contribution in [3.63, 3.8) is 0 Å². The lowest BCUT2D eigenvalue weighted by molar-refractivity contribution is -0.890. The van der Waals surface area contributed by atoms with Crippen LogP contribution in [0.1, 0.15) is 97.3 Å². The summed E-state index contributed by atoms with van der Waals surface area (Å²) in [5.41, 5.74) is 1.61. The van der Waals surface area contributed by atoms with Crippen molar-refractivity contribution in [2.24, 2.45) is 10.2 Å². The molecule has 0 aromatic heterocycles. The lowest BCUT2D eigenvalue weighted by Crippen LogP contribution is -2.43. The summed E-state index contributed by atoms with van der Waals surface area (Å²) in [6.07, 6.45) is 16.0. The molecule has 0 amide bonds. The van der Waals surface area contributed by atoms with E-state index in [1.807, 2.05) is 48.5 Å². The summed E-state index contributed by atoms with van der Waals surface area (Å²) >= 11 is 0. The Balaban J connectivity index is 1.82. The van der Waals surface area contributed by atoms with Crippen LogP contribution in [0.4, 0.5) is 11.4 Å². The molecule has 2 aromatic rings. The van der Waals surface area contributed by atoms with Crippen molar-refractivity contribution in [2.75, 3.05) is 40.4 Å². The Morgan fingerprint density at radius 3 is 1.77 bits per heavy atom. The molecule has 2 aromatic carbocycles. The number of aliphatic hydroxyl groups is 1. The van der Waals surface area contributed by atoms with E-state index in [0.29, 0.717) is 0 Å². The third-order valence-corrected chi connectivity index (χ3v) is 7.40. The van der Waals surface area contributed by atoms with Gasteiger partial charge < -0.3 is 19.1 Å². The van der Waals surface area contributed by atoms with Crippen LogP contribution in [0.3, 0.4) is 0 Å². The summed E-state index contributed by atoms with van der Waals surface area (Å²) in [5.74, 6) is 1.77. The molecule has 0 fully saturated rings. The summed E-state index contributed by atoms with van der Waals surface area (Å²) in [6.45, 7) is 7.31. The molecule has 0 aliphatic carbocycles. The maximum Gasteiger partial charge on any atom is 0.119 e. The number of azo groups is 1. The summed E-state index contributed by atoms with van der Waals surface area (Å²) in [7, 11) is 4.36. The number of quaternary nitrogens is 1. The van der Waals surface area contributed by atoms with Gasteiger partial charge in [0.2, 0.25) is 0 Å². The number of aliphatic hydroxyl groups excluding tert-OH is 1. The van der Waals surface area contributed by atoms with E-state index in [0.717, 1.165) is 72.7 Å². The third-order valence-electron chi connectivity index (χ3n) is 7.40. The molecule has 0 saturated carbocycles. The first-order valence-electron chi connectivity index (χ1n) is 15.8. The van der Waals surface area contributed by atoms with Crippen molar-refractivity contribution in [3.05, 3.63) is 48.5 Å². The van der Waals surface area contributed by atoms with Crippen molar-refractivity contribution in [2.45, 2.75) is 103 Å². The van der Waals surface area contributed by atoms with Gasteiger partial charge in [-0.2, -0.15) is 10.2 Å². The van der Waals surface area contributed by atoms with Gasteiger partial charge in [0.25, 0.3) is 0 Å². The Morgan fingerprint density at radius 2 is 1.18 bits per heavy atom. The molecule has 0 heterocycles. The molecule has 0 bridgehead atoms. The SMILES string of the molecule is CCCCCCCCOc1ccc(N=Nc2ccc(OC(CCCCCC)CCC[N+](C)(C)CCO)cc2)cc1. The Morgan fingerprint density at radius 1 is 0.650 bits per heavy atom. The monoisotopic (exact) mass is 554 g/mol. The van der Waals surface area contributed by atoms with Gasteiger partial charge in [0.15, 0.2) is 0 Å². The Labute approximate surface area is 244 Å². The smallest absolute Gasteiger partial charge is 0.119 e. The maximum atomic E-state index is 9.31. The number of hydrogen-bond acceptors (Lipinski definition) is 5. The molecular formula is C34H56N3O3+. The highest BCUT2D eigenvalue weighted by atomic mass is 16.5. The van der Waals surface area contributed by atoms with Crippen LogP contribution in [0.5, 0.6) is 11.5 Å². The van der Waals surface area contributed by atoms with Crippen LogP contribution >= 0.6 is 0 Å². The Hall–Kier alpha value is -2.44. The fourth-order valence-electron chi connectivity index (χ4n) is 4.77. The standard InChI is InChI=1S/C34H56N3O3/c1-5-7-9-11-12-14-29-39-32-22-18-30(19-23-32)35-36-31-20-24-34(25-21-31)40-33(16-13-10-8-6-2)17-15-26-37(3,4)27-28-38/h18-25,33,38H,5-17,26-29H2,1-4H3/q+1. The topological polar surface area (TPSA) is 63.4 Å². The van der Waals surface area contributed by atoms with Crippen molar-refractivity contribution >= 4 is 11.4 Å². The van der Waals surface area contributed by atoms with Gasteiger partial charge in [0.1, 0.15) is 18.0 Å². The number of unbranched alkanes of at least 4 members (excludes halogenated alkanes) is 8. The van der Waals surface area contributed by atoms with E-state index in [9.17, 15) is 5.11 Å². The minimum absolute atomic E-state index is 0.209. The van der Waals surface area contributed by atoms with Gasteiger partial charge >= 0.3 is 0 Å². The number of ether oxygens (including phenoxy) is 2. The second-order valence-corrected chi connectivity index (χ2v) is 11.6. The first-order valence-corrected chi connectivity index (χ1v) is 15.8. The quantitative estimate of drug-likeness (QED) is 0.0845. The average Bonchev–Trinajstić information content (AvgIpc) is 2.95. The van der Waals surface area contributed by atoms with Gasteiger partial charge in [0, 0.05) is 6.42 Å². The number of nitrogens with zero attached hydrogens (tertiary/aromatic N) is 3. The van der Waals surface area contributed by atoms with Gasteiger partial charge in [-0.3, -0.25) is 0 Å². The molecule has 2 rings (SSSR count). The largest absolute Gasteiger partial charge is 0.494 e. The fraction of sp³-hybridized carbons (Fsp3) is 0.647. The third kappa shape index (κ3) is 15.4. The maximum absolute atomic E-state index is 9.31. The molecule has 40 heavy (non-hydrogen) atoms. The van der Waals surface area contributed by atoms with Crippen LogP contribution < -0.4 is 9.47 Å².